The van der Waals surface area contributed by atoms with E-state index in [4.69, 9.17) is 13.9 Å². The molecular formula is C28H30FN3O5. The van der Waals surface area contributed by atoms with Crippen LogP contribution in [0.15, 0.2) is 53.1 Å². The van der Waals surface area contributed by atoms with E-state index in [-0.39, 0.29) is 48.0 Å². The van der Waals surface area contributed by atoms with E-state index in [9.17, 15) is 14.0 Å². The zero-order valence-corrected chi connectivity index (χ0v) is 20.7. The molecule has 0 saturated carbocycles. The summed E-state index contributed by atoms with van der Waals surface area (Å²) in [7, 11) is 0. The number of oxazole rings is 1. The van der Waals surface area contributed by atoms with Crippen molar-refractivity contribution in [2.45, 2.75) is 51.4 Å². The first kappa shape index (κ1) is 25.0. The molecule has 0 unspecified atom stereocenters. The van der Waals surface area contributed by atoms with Crippen molar-refractivity contribution in [1.29, 1.82) is 0 Å². The highest BCUT2D eigenvalue weighted by Crippen LogP contribution is 2.37. The number of fused-ring (bicyclic) bond motifs is 1. The maximum absolute atomic E-state index is 13.6. The summed E-state index contributed by atoms with van der Waals surface area (Å²) >= 11 is 0. The lowest BCUT2D eigenvalue weighted by Gasteiger charge is -2.38. The molecule has 0 bridgehead atoms. The van der Waals surface area contributed by atoms with Crippen LogP contribution in [0.1, 0.15) is 65.3 Å². The van der Waals surface area contributed by atoms with E-state index in [0.29, 0.717) is 25.3 Å². The second-order valence-corrected chi connectivity index (χ2v) is 9.27. The first-order valence-corrected chi connectivity index (χ1v) is 12.7. The summed E-state index contributed by atoms with van der Waals surface area (Å²) < 4.78 is 30.5. The van der Waals surface area contributed by atoms with Crippen LogP contribution in [-0.2, 0) is 22.6 Å². The molecule has 9 heteroatoms. The van der Waals surface area contributed by atoms with Crippen LogP contribution in [-0.4, -0.2) is 47.5 Å². The molecule has 5 rings (SSSR count). The van der Waals surface area contributed by atoms with Crippen LogP contribution in [0, 0.1) is 5.82 Å². The molecule has 2 amide bonds. The Hall–Kier alpha value is -3.72. The molecule has 1 N–H and O–H groups in total. The number of aromatic nitrogens is 1. The van der Waals surface area contributed by atoms with Crippen LogP contribution in [0.4, 0.5) is 4.39 Å². The monoisotopic (exact) mass is 507 g/mol. The largest absolute Gasteiger partial charge is 0.484 e. The average Bonchev–Trinajstić information content (AvgIpc) is 3.62. The molecule has 2 aromatic carbocycles. The average molecular weight is 508 g/mol. The maximum Gasteiger partial charge on any atom is 0.273 e. The van der Waals surface area contributed by atoms with Crippen molar-refractivity contribution >= 4 is 11.8 Å². The lowest BCUT2D eigenvalue weighted by Crippen LogP contribution is -2.40. The van der Waals surface area contributed by atoms with Crippen molar-refractivity contribution in [3.05, 3.63) is 82.8 Å². The molecule has 2 atom stereocenters. The maximum atomic E-state index is 13.6. The summed E-state index contributed by atoms with van der Waals surface area (Å²) in [5, 5.41) is 2.82. The second-order valence-electron chi connectivity index (χ2n) is 9.27. The van der Waals surface area contributed by atoms with Gasteiger partial charge in [-0.15, -0.1) is 0 Å². The zero-order valence-electron chi connectivity index (χ0n) is 20.7. The van der Waals surface area contributed by atoms with Crippen molar-refractivity contribution in [2.75, 3.05) is 19.7 Å². The van der Waals surface area contributed by atoms with E-state index in [0.717, 1.165) is 42.6 Å². The van der Waals surface area contributed by atoms with Crippen molar-refractivity contribution in [1.82, 2.24) is 15.2 Å². The minimum atomic E-state index is -0.332. The highest BCUT2D eigenvalue weighted by atomic mass is 19.1. The smallest absolute Gasteiger partial charge is 0.273 e. The first-order valence-electron chi connectivity index (χ1n) is 12.7. The predicted octanol–water partition coefficient (Wildman–Crippen LogP) is 4.19. The highest BCUT2D eigenvalue weighted by Gasteiger charge is 2.31. The fourth-order valence-electron chi connectivity index (χ4n) is 4.89. The Bertz CT molecular complexity index is 1250. The number of nitrogens with zero attached hydrogens (tertiary/aromatic N) is 2. The first-order chi connectivity index (χ1) is 18.0. The van der Waals surface area contributed by atoms with Gasteiger partial charge in [0.1, 0.15) is 17.8 Å². The van der Waals surface area contributed by atoms with Gasteiger partial charge in [-0.1, -0.05) is 25.1 Å². The summed E-state index contributed by atoms with van der Waals surface area (Å²) in [5.74, 6) is 0.256. The van der Waals surface area contributed by atoms with Crippen molar-refractivity contribution < 1.29 is 27.9 Å². The van der Waals surface area contributed by atoms with Gasteiger partial charge in [0.05, 0.1) is 12.1 Å². The summed E-state index contributed by atoms with van der Waals surface area (Å²) in [5.41, 5.74) is 3.08. The number of amides is 2. The Morgan fingerprint density at radius 1 is 1.22 bits per heavy atom. The molecule has 1 saturated heterocycles. The van der Waals surface area contributed by atoms with Gasteiger partial charge in [-0.05, 0) is 60.2 Å². The number of rotatable bonds is 8. The van der Waals surface area contributed by atoms with Gasteiger partial charge in [-0.2, -0.15) is 0 Å². The predicted molar refractivity (Wildman–Crippen MR) is 133 cm³/mol. The highest BCUT2D eigenvalue weighted by molar-refractivity contribution is 5.91. The fraction of sp³-hybridized carbons (Fsp3) is 0.393. The molecule has 194 valence electrons. The van der Waals surface area contributed by atoms with Gasteiger partial charge in [-0.3, -0.25) is 9.59 Å². The van der Waals surface area contributed by atoms with Crippen LogP contribution in [0.3, 0.4) is 0 Å². The van der Waals surface area contributed by atoms with Crippen molar-refractivity contribution in [3.8, 4) is 5.75 Å². The van der Waals surface area contributed by atoms with E-state index in [1.807, 2.05) is 30.0 Å². The third-order valence-corrected chi connectivity index (χ3v) is 6.82. The third-order valence-electron chi connectivity index (χ3n) is 6.82. The summed E-state index contributed by atoms with van der Waals surface area (Å²) in [6, 6.07) is 11.7. The van der Waals surface area contributed by atoms with E-state index >= 15 is 0 Å². The van der Waals surface area contributed by atoms with Crippen LogP contribution < -0.4 is 10.1 Å². The van der Waals surface area contributed by atoms with Gasteiger partial charge >= 0.3 is 0 Å². The summed E-state index contributed by atoms with van der Waals surface area (Å²) in [6.45, 7) is 3.64. The Labute approximate surface area is 214 Å². The van der Waals surface area contributed by atoms with Crippen LogP contribution >= 0.6 is 0 Å². The normalized spacial score (nSPS) is 18.9. The molecule has 0 radical (unpaired) electrons. The molecule has 0 aliphatic carbocycles. The Kier molecular flexibility index (Phi) is 7.50. The molecule has 0 spiro atoms. The SMILES string of the molecule is CCC(=O)N1CCc2ccc(OCc3nc(C(=O)NC[C@@H]4CCCO4)co3)cc2[C@H]1c1ccc(F)cc1. The van der Waals surface area contributed by atoms with E-state index < -0.39 is 0 Å². The Morgan fingerprint density at radius 3 is 2.81 bits per heavy atom. The number of carbonyl (C=O) groups is 2. The van der Waals surface area contributed by atoms with Gasteiger partial charge in [0.25, 0.3) is 5.91 Å². The van der Waals surface area contributed by atoms with Gasteiger partial charge in [-0.25, -0.2) is 9.37 Å². The molecule has 1 fully saturated rings. The summed E-state index contributed by atoms with van der Waals surface area (Å²) in [6.07, 6.45) is 4.41. The minimum absolute atomic E-state index is 0.0383. The lowest BCUT2D eigenvalue weighted by atomic mass is 9.87. The minimum Gasteiger partial charge on any atom is -0.484 e. The molecule has 1 aromatic heterocycles. The Morgan fingerprint density at radius 2 is 2.05 bits per heavy atom. The van der Waals surface area contributed by atoms with Gasteiger partial charge in [0, 0.05) is 26.1 Å². The molecule has 3 aromatic rings. The number of hydrogen-bond donors (Lipinski definition) is 1. The Balaban J connectivity index is 1.29. The van der Waals surface area contributed by atoms with Gasteiger partial charge < -0.3 is 24.1 Å². The van der Waals surface area contributed by atoms with Crippen LogP contribution in [0.5, 0.6) is 5.75 Å². The third kappa shape index (κ3) is 5.67. The number of hydrogen-bond acceptors (Lipinski definition) is 6. The van der Waals surface area contributed by atoms with Crippen LogP contribution in [0.2, 0.25) is 0 Å². The number of ether oxygens (including phenoxy) is 2. The number of nitrogens with one attached hydrogen (secondary N) is 1. The number of halogens is 1. The summed E-state index contributed by atoms with van der Waals surface area (Å²) in [4.78, 5) is 31.2. The topological polar surface area (TPSA) is 93.9 Å². The molecule has 37 heavy (non-hydrogen) atoms. The molecule has 3 heterocycles. The van der Waals surface area contributed by atoms with Gasteiger partial charge in [0.2, 0.25) is 11.8 Å². The lowest BCUT2D eigenvalue weighted by molar-refractivity contribution is -0.132. The van der Waals surface area contributed by atoms with Crippen molar-refractivity contribution in [3.63, 3.8) is 0 Å². The van der Waals surface area contributed by atoms with Gasteiger partial charge in [0.15, 0.2) is 12.3 Å². The quantitative estimate of drug-likeness (QED) is 0.492. The zero-order chi connectivity index (χ0) is 25.8. The number of benzene rings is 2. The fourth-order valence-corrected chi connectivity index (χ4v) is 4.89. The molecule has 8 nitrogen and oxygen atoms in total. The van der Waals surface area contributed by atoms with Crippen molar-refractivity contribution in [2.24, 2.45) is 0 Å². The van der Waals surface area contributed by atoms with Crippen LogP contribution in [0.25, 0.3) is 0 Å². The molecular weight excluding hydrogens is 477 g/mol. The number of carbonyl (C=O) groups excluding carboxylic acids is 2. The molecule has 2 aliphatic heterocycles. The second kappa shape index (κ2) is 11.1. The van der Waals surface area contributed by atoms with E-state index in [1.165, 1.54) is 18.4 Å². The molecule has 2 aliphatic rings. The van der Waals surface area contributed by atoms with E-state index in [2.05, 4.69) is 10.3 Å². The van der Waals surface area contributed by atoms with E-state index in [1.54, 1.807) is 12.1 Å². The standard InChI is InChI=1S/C28H30FN3O5/c1-2-26(33)32-12-11-18-7-10-21(14-23(18)27(32)19-5-8-20(29)9-6-19)36-17-25-31-24(16-37-25)28(34)30-15-22-4-3-13-35-22/h5-10,14,16,22,27H,2-4,11-13,15,17H2,1H3,(H,30,34)/t22-,27+/m0/s1.